The Bertz CT molecular complexity index is 367. The zero-order chi connectivity index (χ0) is 8.84. The predicted octanol–water partition coefficient (Wildman–Crippen LogP) is 2.77. The molecule has 0 aromatic heterocycles. The molecule has 0 amide bonds. The second-order valence-electron chi connectivity index (χ2n) is 4.15. The molecule has 1 aromatic carbocycles. The van der Waals surface area contributed by atoms with Gasteiger partial charge in [-0.2, -0.15) is 0 Å². The molecule has 0 N–H and O–H groups in total. The summed E-state index contributed by atoms with van der Waals surface area (Å²) < 4.78 is 0. The highest BCUT2D eigenvalue weighted by Crippen LogP contribution is 2.53. The van der Waals surface area contributed by atoms with Crippen molar-refractivity contribution in [2.24, 2.45) is 5.92 Å². The molecular formula is C12H12O. The van der Waals surface area contributed by atoms with Gasteiger partial charge in [-0.15, -0.1) is 0 Å². The summed E-state index contributed by atoms with van der Waals surface area (Å²) in [5.74, 6) is 1.87. The fourth-order valence-corrected chi connectivity index (χ4v) is 2.47. The molecule has 0 unspecified atom stereocenters. The molecule has 1 saturated carbocycles. The van der Waals surface area contributed by atoms with E-state index in [9.17, 15) is 4.79 Å². The summed E-state index contributed by atoms with van der Waals surface area (Å²) in [5.41, 5.74) is 2.31. The number of rotatable bonds is 0. The maximum atomic E-state index is 11.7. The quantitative estimate of drug-likeness (QED) is 0.588. The minimum atomic E-state index is 0.350. The monoisotopic (exact) mass is 172 g/mol. The van der Waals surface area contributed by atoms with Gasteiger partial charge in [0.15, 0.2) is 5.78 Å². The van der Waals surface area contributed by atoms with E-state index in [4.69, 9.17) is 0 Å². The van der Waals surface area contributed by atoms with E-state index in [2.05, 4.69) is 6.07 Å². The Morgan fingerprint density at radius 3 is 3.00 bits per heavy atom. The van der Waals surface area contributed by atoms with Crippen molar-refractivity contribution >= 4 is 5.78 Å². The van der Waals surface area contributed by atoms with Crippen molar-refractivity contribution in [2.75, 3.05) is 0 Å². The third-order valence-electron chi connectivity index (χ3n) is 3.33. The Balaban J connectivity index is 2.15. The van der Waals surface area contributed by atoms with Gasteiger partial charge in [0.25, 0.3) is 0 Å². The Kier molecular flexibility index (Phi) is 1.37. The van der Waals surface area contributed by atoms with E-state index in [-0.39, 0.29) is 0 Å². The van der Waals surface area contributed by atoms with E-state index in [1.807, 2.05) is 18.2 Å². The van der Waals surface area contributed by atoms with Gasteiger partial charge < -0.3 is 0 Å². The molecule has 0 heterocycles. The lowest BCUT2D eigenvalue weighted by atomic mass is 10.0. The highest BCUT2D eigenvalue weighted by atomic mass is 16.1. The minimum absolute atomic E-state index is 0.350. The average molecular weight is 172 g/mol. The molecule has 0 aliphatic heterocycles. The zero-order valence-corrected chi connectivity index (χ0v) is 7.49. The summed E-state index contributed by atoms with van der Waals surface area (Å²) >= 11 is 0. The van der Waals surface area contributed by atoms with Crippen molar-refractivity contribution < 1.29 is 4.79 Å². The number of ketones is 1. The van der Waals surface area contributed by atoms with Crippen LogP contribution in [-0.4, -0.2) is 5.78 Å². The first kappa shape index (κ1) is 7.31. The van der Waals surface area contributed by atoms with Gasteiger partial charge >= 0.3 is 0 Å². The maximum Gasteiger partial charge on any atom is 0.163 e. The standard InChI is InChI=1S/C12H12O/c13-12-6-5-8-7-11(8)9-3-1-2-4-10(9)12/h1-4,8,11H,5-7H2/t8-,11-/m0/s1. The number of fused-ring (bicyclic) bond motifs is 3. The van der Waals surface area contributed by atoms with Crippen molar-refractivity contribution in [3.8, 4) is 0 Å². The number of Topliss-reactive ketones (excluding diaryl/α,β-unsaturated/α-hetero) is 1. The van der Waals surface area contributed by atoms with Gasteiger partial charge in [0.05, 0.1) is 0 Å². The second-order valence-corrected chi connectivity index (χ2v) is 4.15. The zero-order valence-electron chi connectivity index (χ0n) is 7.49. The average Bonchev–Trinajstić information content (AvgIpc) is 2.92. The Morgan fingerprint density at radius 2 is 2.08 bits per heavy atom. The van der Waals surface area contributed by atoms with Crippen LogP contribution in [0.15, 0.2) is 24.3 Å². The van der Waals surface area contributed by atoms with Crippen LogP contribution in [0.1, 0.15) is 41.1 Å². The van der Waals surface area contributed by atoms with Crippen LogP contribution in [-0.2, 0) is 0 Å². The van der Waals surface area contributed by atoms with Crippen molar-refractivity contribution in [3.63, 3.8) is 0 Å². The van der Waals surface area contributed by atoms with Gasteiger partial charge in [-0.1, -0.05) is 24.3 Å². The molecule has 0 radical (unpaired) electrons. The van der Waals surface area contributed by atoms with Gasteiger partial charge in [0.1, 0.15) is 0 Å². The maximum absolute atomic E-state index is 11.7. The van der Waals surface area contributed by atoms with Crippen molar-refractivity contribution in [1.82, 2.24) is 0 Å². The summed E-state index contributed by atoms with van der Waals surface area (Å²) in [4.78, 5) is 11.7. The molecule has 3 rings (SSSR count). The van der Waals surface area contributed by atoms with Crippen LogP contribution in [0.5, 0.6) is 0 Å². The van der Waals surface area contributed by atoms with E-state index >= 15 is 0 Å². The van der Waals surface area contributed by atoms with Crippen LogP contribution in [0.4, 0.5) is 0 Å². The third-order valence-corrected chi connectivity index (χ3v) is 3.33. The summed E-state index contributed by atoms with van der Waals surface area (Å²) in [6, 6.07) is 8.13. The fourth-order valence-electron chi connectivity index (χ4n) is 2.47. The largest absolute Gasteiger partial charge is 0.294 e. The molecule has 66 valence electrons. The van der Waals surface area contributed by atoms with Crippen molar-refractivity contribution in [3.05, 3.63) is 35.4 Å². The second kappa shape index (κ2) is 2.44. The van der Waals surface area contributed by atoms with Crippen molar-refractivity contribution in [1.29, 1.82) is 0 Å². The van der Waals surface area contributed by atoms with Crippen LogP contribution in [0, 0.1) is 5.92 Å². The molecule has 0 bridgehead atoms. The molecule has 2 aliphatic rings. The van der Waals surface area contributed by atoms with E-state index in [0.29, 0.717) is 11.7 Å². The number of carbonyl (C=O) groups is 1. The number of hydrogen-bond donors (Lipinski definition) is 0. The molecule has 13 heavy (non-hydrogen) atoms. The van der Waals surface area contributed by atoms with Gasteiger partial charge in [-0.25, -0.2) is 0 Å². The smallest absolute Gasteiger partial charge is 0.163 e. The lowest BCUT2D eigenvalue weighted by molar-refractivity contribution is 0.0980. The Labute approximate surface area is 77.8 Å². The summed E-state index contributed by atoms with van der Waals surface area (Å²) in [5, 5.41) is 0. The summed E-state index contributed by atoms with van der Waals surface area (Å²) in [7, 11) is 0. The van der Waals surface area contributed by atoms with E-state index in [1.54, 1.807) is 0 Å². The van der Waals surface area contributed by atoms with Crippen LogP contribution < -0.4 is 0 Å². The molecule has 1 aromatic rings. The van der Waals surface area contributed by atoms with Crippen molar-refractivity contribution in [2.45, 2.75) is 25.2 Å². The molecule has 1 fully saturated rings. The van der Waals surface area contributed by atoms with Gasteiger partial charge in [0, 0.05) is 12.0 Å². The lowest BCUT2D eigenvalue weighted by Gasteiger charge is -2.03. The molecule has 1 nitrogen and oxygen atoms in total. The number of benzene rings is 1. The van der Waals surface area contributed by atoms with Crippen LogP contribution in [0.2, 0.25) is 0 Å². The minimum Gasteiger partial charge on any atom is -0.294 e. The van der Waals surface area contributed by atoms with E-state index in [1.165, 1.54) is 12.0 Å². The van der Waals surface area contributed by atoms with Crippen LogP contribution >= 0.6 is 0 Å². The number of hydrogen-bond acceptors (Lipinski definition) is 1. The molecule has 2 aliphatic carbocycles. The summed E-state index contributed by atoms with van der Waals surface area (Å²) in [6.45, 7) is 0. The van der Waals surface area contributed by atoms with Gasteiger partial charge in [-0.3, -0.25) is 4.79 Å². The first-order valence-corrected chi connectivity index (χ1v) is 4.98. The fraction of sp³-hybridized carbons (Fsp3) is 0.417. The van der Waals surface area contributed by atoms with E-state index in [0.717, 1.165) is 24.3 Å². The molecule has 1 heteroatoms. The normalized spacial score (nSPS) is 30.3. The van der Waals surface area contributed by atoms with Crippen LogP contribution in [0.3, 0.4) is 0 Å². The highest BCUT2D eigenvalue weighted by Gasteiger charge is 2.41. The summed E-state index contributed by atoms with van der Waals surface area (Å²) in [6.07, 6.45) is 3.18. The van der Waals surface area contributed by atoms with E-state index < -0.39 is 0 Å². The Morgan fingerprint density at radius 1 is 1.23 bits per heavy atom. The third kappa shape index (κ3) is 1.03. The predicted molar refractivity (Wildman–Crippen MR) is 50.9 cm³/mol. The van der Waals surface area contributed by atoms with Crippen LogP contribution in [0.25, 0.3) is 0 Å². The first-order chi connectivity index (χ1) is 6.36. The SMILES string of the molecule is O=C1CC[C@H]2C[C@@H]2c2ccccc21. The highest BCUT2D eigenvalue weighted by molar-refractivity contribution is 5.98. The number of carbonyl (C=O) groups excluding carboxylic acids is 1. The Hall–Kier alpha value is -1.11. The molecular weight excluding hydrogens is 160 g/mol. The molecule has 0 saturated heterocycles. The molecule has 2 atom stereocenters. The molecule has 0 spiro atoms. The first-order valence-electron chi connectivity index (χ1n) is 4.98. The lowest BCUT2D eigenvalue weighted by Crippen LogP contribution is -2.00. The van der Waals surface area contributed by atoms with Gasteiger partial charge in [0.2, 0.25) is 0 Å². The van der Waals surface area contributed by atoms with Gasteiger partial charge in [-0.05, 0) is 30.2 Å². The topological polar surface area (TPSA) is 17.1 Å².